The molecule has 1 saturated heterocycles. The van der Waals surface area contributed by atoms with Gasteiger partial charge in [0.25, 0.3) is 0 Å². The molecule has 2 aromatic heterocycles. The van der Waals surface area contributed by atoms with E-state index in [9.17, 15) is 5.11 Å². The van der Waals surface area contributed by atoms with Gasteiger partial charge < -0.3 is 14.7 Å². The number of benzene rings is 1. The van der Waals surface area contributed by atoms with E-state index in [2.05, 4.69) is 36.1 Å². The van der Waals surface area contributed by atoms with Crippen molar-refractivity contribution < 1.29 is 14.7 Å². The van der Waals surface area contributed by atoms with E-state index in [1.807, 2.05) is 25.1 Å². The van der Waals surface area contributed by atoms with Crippen LogP contribution in [0.2, 0.25) is 0 Å². The van der Waals surface area contributed by atoms with Crippen LogP contribution in [0.4, 0.5) is 0 Å². The highest BCUT2D eigenvalue weighted by Crippen LogP contribution is 2.35. The van der Waals surface area contributed by atoms with Crippen molar-refractivity contribution in [1.29, 1.82) is 0 Å². The van der Waals surface area contributed by atoms with Gasteiger partial charge in [-0.3, -0.25) is 0 Å². The molecule has 3 atom stereocenters. The first-order valence-electron chi connectivity index (χ1n) is 8.63. The van der Waals surface area contributed by atoms with Crippen LogP contribution in [0.1, 0.15) is 36.2 Å². The third-order valence-corrected chi connectivity index (χ3v) is 5.76. The zero-order valence-corrected chi connectivity index (χ0v) is 15.5. The first-order chi connectivity index (χ1) is 12.0. The summed E-state index contributed by atoms with van der Waals surface area (Å²) in [6.45, 7) is 7.86. The molecule has 0 amide bonds. The lowest BCUT2D eigenvalue weighted by molar-refractivity contribution is -0.939. The normalized spacial score (nSPS) is 25.3. The molecule has 1 aliphatic heterocycles. The van der Waals surface area contributed by atoms with Gasteiger partial charge in [-0.1, -0.05) is 41.7 Å². The zero-order chi connectivity index (χ0) is 17.6. The predicted octanol–water partition coefficient (Wildman–Crippen LogP) is 1.59. The van der Waals surface area contributed by atoms with Crippen molar-refractivity contribution in [2.45, 2.75) is 39.0 Å². The van der Waals surface area contributed by atoms with Gasteiger partial charge in [-0.25, -0.2) is 4.98 Å². The Balaban J connectivity index is 1.82. The molecule has 25 heavy (non-hydrogen) atoms. The van der Waals surface area contributed by atoms with E-state index in [1.54, 1.807) is 4.52 Å². The van der Waals surface area contributed by atoms with Crippen LogP contribution in [-0.4, -0.2) is 45.0 Å². The molecule has 0 radical (unpaired) electrons. The number of morpholine rings is 1. The molecule has 7 heteroatoms. The lowest BCUT2D eigenvalue weighted by atomic mass is 10.0. The van der Waals surface area contributed by atoms with Gasteiger partial charge in [-0.2, -0.15) is 4.52 Å². The molecule has 1 fully saturated rings. The Kier molecular flexibility index (Phi) is 4.23. The van der Waals surface area contributed by atoms with Gasteiger partial charge >= 0.3 is 0 Å². The average molecular weight is 359 g/mol. The molecule has 2 N–H and O–H groups in total. The number of aromatic hydroxyl groups is 1. The van der Waals surface area contributed by atoms with Crippen LogP contribution in [0.3, 0.4) is 0 Å². The maximum atomic E-state index is 10.8. The second-order valence-electron chi connectivity index (χ2n) is 6.81. The molecule has 0 aliphatic carbocycles. The van der Waals surface area contributed by atoms with Crippen LogP contribution >= 0.6 is 11.3 Å². The molecule has 1 aliphatic rings. The fraction of sp³-hybridized carbons (Fsp3) is 0.444. The number of hydrogen-bond donors (Lipinski definition) is 2. The van der Waals surface area contributed by atoms with E-state index in [0.717, 1.165) is 22.9 Å². The number of nitrogens with one attached hydrogen (secondary N) is 1. The maximum absolute atomic E-state index is 10.8. The molecule has 3 aromatic rings. The number of aryl methyl sites for hydroxylation is 1. The fourth-order valence-electron chi connectivity index (χ4n) is 3.80. The molecule has 0 bridgehead atoms. The number of quaternary nitrogens is 1. The van der Waals surface area contributed by atoms with Crippen molar-refractivity contribution >= 4 is 16.3 Å². The number of fused-ring (bicyclic) bond motifs is 1. The number of rotatable bonds is 3. The number of hydrogen-bond acceptors (Lipinski definition) is 5. The van der Waals surface area contributed by atoms with Crippen LogP contribution in [-0.2, 0) is 4.74 Å². The highest BCUT2D eigenvalue weighted by atomic mass is 32.1. The summed E-state index contributed by atoms with van der Waals surface area (Å²) in [6, 6.07) is 10.4. The first kappa shape index (κ1) is 16.5. The van der Waals surface area contributed by atoms with Crippen LogP contribution in [0.25, 0.3) is 4.96 Å². The third-order valence-electron chi connectivity index (χ3n) is 4.67. The van der Waals surface area contributed by atoms with Crippen molar-refractivity contribution in [3.63, 3.8) is 0 Å². The molecular weight excluding hydrogens is 336 g/mol. The highest BCUT2D eigenvalue weighted by molar-refractivity contribution is 7.17. The monoisotopic (exact) mass is 359 g/mol. The molecule has 4 rings (SSSR count). The summed E-state index contributed by atoms with van der Waals surface area (Å²) < 4.78 is 7.47. The van der Waals surface area contributed by atoms with E-state index < -0.39 is 0 Å². The third kappa shape index (κ3) is 3.03. The summed E-state index contributed by atoms with van der Waals surface area (Å²) in [6.07, 6.45) is 0.382. The Morgan fingerprint density at radius 2 is 1.92 bits per heavy atom. The van der Waals surface area contributed by atoms with Crippen molar-refractivity contribution in [3.05, 3.63) is 46.6 Å². The SMILES string of the molecule is Cc1nc2sc([C@H](c3ccccc3)[NH+]3C[C@@H](C)O[C@H](C)C3)c(O)n2n1. The van der Waals surface area contributed by atoms with Crippen molar-refractivity contribution in [2.75, 3.05) is 13.1 Å². The van der Waals surface area contributed by atoms with Crippen LogP contribution in [0, 0.1) is 6.92 Å². The van der Waals surface area contributed by atoms with Crippen LogP contribution in [0.5, 0.6) is 5.88 Å². The van der Waals surface area contributed by atoms with Gasteiger partial charge in [-0.05, 0) is 20.8 Å². The van der Waals surface area contributed by atoms with E-state index >= 15 is 0 Å². The Bertz CT molecular complexity index is 866. The predicted molar refractivity (Wildman–Crippen MR) is 96.3 cm³/mol. The van der Waals surface area contributed by atoms with Gasteiger partial charge in [0.05, 0.1) is 0 Å². The average Bonchev–Trinajstić information content (AvgIpc) is 3.06. The smallest absolute Gasteiger partial charge is 0.235 e. The van der Waals surface area contributed by atoms with E-state index in [-0.39, 0.29) is 24.1 Å². The summed E-state index contributed by atoms with van der Waals surface area (Å²) in [5.74, 6) is 0.874. The summed E-state index contributed by atoms with van der Waals surface area (Å²) >= 11 is 1.52. The largest absolute Gasteiger partial charge is 0.492 e. The molecule has 3 heterocycles. The van der Waals surface area contributed by atoms with Gasteiger partial charge in [-0.15, -0.1) is 5.10 Å². The topological polar surface area (TPSA) is 64.1 Å². The maximum Gasteiger partial charge on any atom is 0.235 e. The quantitative estimate of drug-likeness (QED) is 0.745. The van der Waals surface area contributed by atoms with E-state index in [4.69, 9.17) is 4.74 Å². The van der Waals surface area contributed by atoms with Crippen molar-refractivity contribution in [3.8, 4) is 5.88 Å². The van der Waals surface area contributed by atoms with Gasteiger partial charge in [0.1, 0.15) is 36.0 Å². The van der Waals surface area contributed by atoms with E-state index in [1.165, 1.54) is 21.8 Å². The molecule has 132 valence electrons. The van der Waals surface area contributed by atoms with Crippen LogP contribution < -0.4 is 4.90 Å². The standard InChI is InChI=1S/C18H22N4O2S/c1-11-9-21(10-12(2)24-11)15(14-7-5-4-6-8-14)16-17(23)22-18(25-16)19-13(3)20-22/h4-8,11-12,15,23H,9-10H2,1-3H3/p+1/t11-,12-,15+/m1/s1. The summed E-state index contributed by atoms with van der Waals surface area (Å²) in [7, 11) is 0. The minimum Gasteiger partial charge on any atom is -0.492 e. The second-order valence-corrected chi connectivity index (χ2v) is 7.82. The molecule has 1 aromatic carbocycles. The van der Waals surface area contributed by atoms with Crippen LogP contribution in [0.15, 0.2) is 30.3 Å². The van der Waals surface area contributed by atoms with Gasteiger partial charge in [0.15, 0.2) is 6.04 Å². The Hall–Kier alpha value is -1.96. The molecular formula is C18H23N4O2S+. The summed E-state index contributed by atoms with van der Waals surface area (Å²) in [5.41, 5.74) is 1.19. The second kappa shape index (κ2) is 6.40. The lowest BCUT2D eigenvalue weighted by Crippen LogP contribution is -3.15. The number of ether oxygens (including phenoxy) is 1. The van der Waals surface area contributed by atoms with Gasteiger partial charge in [0.2, 0.25) is 10.8 Å². The minimum absolute atomic E-state index is 0.0452. The molecule has 0 spiro atoms. The van der Waals surface area contributed by atoms with Crippen molar-refractivity contribution in [1.82, 2.24) is 14.6 Å². The zero-order valence-electron chi connectivity index (χ0n) is 14.6. The Labute approximate surface area is 150 Å². The van der Waals surface area contributed by atoms with E-state index in [0.29, 0.717) is 5.82 Å². The highest BCUT2D eigenvalue weighted by Gasteiger charge is 2.37. The fourth-order valence-corrected chi connectivity index (χ4v) is 4.99. The first-order valence-corrected chi connectivity index (χ1v) is 9.44. The number of aromatic nitrogens is 3. The molecule has 0 unspecified atom stereocenters. The summed E-state index contributed by atoms with van der Waals surface area (Å²) in [4.78, 5) is 7.47. The lowest BCUT2D eigenvalue weighted by Gasteiger charge is -2.37. The number of nitrogens with zero attached hydrogens (tertiary/aromatic N) is 3. The van der Waals surface area contributed by atoms with Crippen molar-refractivity contribution in [2.24, 2.45) is 0 Å². The summed E-state index contributed by atoms with van der Waals surface area (Å²) in [5, 5.41) is 15.1. The Morgan fingerprint density at radius 3 is 2.56 bits per heavy atom. The minimum atomic E-state index is 0.0452. The Morgan fingerprint density at radius 1 is 1.24 bits per heavy atom. The molecule has 0 saturated carbocycles. The number of thiazole rings is 1. The van der Waals surface area contributed by atoms with Gasteiger partial charge in [0, 0.05) is 5.56 Å². The molecule has 6 nitrogen and oxygen atoms in total.